The molecule has 0 aromatic carbocycles. The lowest BCUT2D eigenvalue weighted by Gasteiger charge is -2.12. The smallest absolute Gasteiger partial charge is 0.387 e. The van der Waals surface area contributed by atoms with Crippen LogP contribution in [-0.2, 0) is 13.0 Å². The van der Waals surface area contributed by atoms with Crippen LogP contribution in [0.15, 0.2) is 6.07 Å². The molecule has 1 heterocycles. The van der Waals surface area contributed by atoms with Crippen LogP contribution in [0, 0.1) is 0 Å². The zero-order valence-electron chi connectivity index (χ0n) is 10.7. The molecule has 0 amide bonds. The molecule has 0 bridgehead atoms. The molecule has 1 rings (SSSR count). The first-order chi connectivity index (χ1) is 8.37. The Morgan fingerprint density at radius 3 is 2.56 bits per heavy atom. The Labute approximate surface area is 105 Å². The van der Waals surface area contributed by atoms with Gasteiger partial charge >= 0.3 is 6.18 Å². The molecule has 1 unspecified atom stereocenters. The van der Waals surface area contributed by atoms with Crippen LogP contribution in [0.2, 0.25) is 0 Å². The highest BCUT2D eigenvalue weighted by Gasteiger charge is 2.27. The summed E-state index contributed by atoms with van der Waals surface area (Å²) in [6.07, 6.45) is -5.10. The summed E-state index contributed by atoms with van der Waals surface area (Å²) in [5.74, 6) is 0. The molecule has 0 saturated carbocycles. The van der Waals surface area contributed by atoms with Gasteiger partial charge in [-0.05, 0) is 32.3 Å². The van der Waals surface area contributed by atoms with Gasteiger partial charge in [0, 0.05) is 13.0 Å². The minimum absolute atomic E-state index is 0.0684. The molecule has 0 aliphatic rings. The van der Waals surface area contributed by atoms with E-state index in [2.05, 4.69) is 5.10 Å². The van der Waals surface area contributed by atoms with E-state index in [4.69, 9.17) is 0 Å². The van der Waals surface area contributed by atoms with E-state index in [1.54, 1.807) is 10.7 Å². The third-order valence-corrected chi connectivity index (χ3v) is 2.80. The van der Waals surface area contributed by atoms with E-state index in [1.807, 2.05) is 13.8 Å². The van der Waals surface area contributed by atoms with Gasteiger partial charge in [0.25, 0.3) is 0 Å². The molecule has 104 valence electrons. The number of aromatic nitrogens is 2. The average Bonchev–Trinajstić information content (AvgIpc) is 2.70. The van der Waals surface area contributed by atoms with E-state index < -0.39 is 18.7 Å². The molecule has 1 atom stereocenters. The van der Waals surface area contributed by atoms with Gasteiger partial charge in [-0.25, -0.2) is 0 Å². The lowest BCUT2D eigenvalue weighted by molar-refractivity contribution is -0.136. The number of aliphatic hydroxyl groups is 1. The van der Waals surface area contributed by atoms with Crippen molar-refractivity contribution in [1.29, 1.82) is 0 Å². The first-order valence-electron chi connectivity index (χ1n) is 6.18. The van der Waals surface area contributed by atoms with Gasteiger partial charge in [-0.2, -0.15) is 18.3 Å². The van der Waals surface area contributed by atoms with Gasteiger partial charge in [0.2, 0.25) is 0 Å². The van der Waals surface area contributed by atoms with Gasteiger partial charge < -0.3 is 5.11 Å². The Morgan fingerprint density at radius 2 is 2.06 bits per heavy atom. The molecular formula is C12H19F3N2O. The van der Waals surface area contributed by atoms with Gasteiger partial charge in [-0.1, -0.05) is 6.92 Å². The van der Waals surface area contributed by atoms with E-state index in [1.165, 1.54) is 0 Å². The molecular weight excluding hydrogens is 245 g/mol. The molecule has 1 aromatic rings. The third-order valence-electron chi connectivity index (χ3n) is 2.80. The highest BCUT2D eigenvalue weighted by atomic mass is 19.4. The fourth-order valence-electron chi connectivity index (χ4n) is 1.82. The van der Waals surface area contributed by atoms with Crippen molar-refractivity contribution in [3.63, 3.8) is 0 Å². The number of nitrogens with zero attached hydrogens (tertiary/aromatic N) is 2. The monoisotopic (exact) mass is 264 g/mol. The highest BCUT2D eigenvalue weighted by molar-refractivity contribution is 5.13. The summed E-state index contributed by atoms with van der Waals surface area (Å²) in [6.45, 7) is 4.44. The maximum Gasteiger partial charge on any atom is 0.389 e. The molecule has 1 aromatic heterocycles. The fourth-order valence-corrected chi connectivity index (χ4v) is 1.82. The molecule has 0 aliphatic carbocycles. The van der Waals surface area contributed by atoms with Crippen LogP contribution < -0.4 is 0 Å². The van der Waals surface area contributed by atoms with E-state index in [0.717, 1.165) is 12.1 Å². The number of aryl methyl sites for hydroxylation is 2. The predicted octanol–water partition coefficient (Wildman–Crippen LogP) is 3.23. The summed E-state index contributed by atoms with van der Waals surface area (Å²) in [5.41, 5.74) is 1.46. The molecule has 0 aliphatic heterocycles. The van der Waals surface area contributed by atoms with Gasteiger partial charge in [-0.3, -0.25) is 4.68 Å². The second-order valence-electron chi connectivity index (χ2n) is 4.25. The van der Waals surface area contributed by atoms with Crippen LogP contribution >= 0.6 is 0 Å². The lowest BCUT2D eigenvalue weighted by Crippen LogP contribution is -2.11. The summed E-state index contributed by atoms with van der Waals surface area (Å²) in [6, 6.07) is 1.77. The third kappa shape index (κ3) is 4.33. The summed E-state index contributed by atoms with van der Waals surface area (Å²) in [4.78, 5) is 0. The van der Waals surface area contributed by atoms with Crippen molar-refractivity contribution in [3.05, 3.63) is 17.5 Å². The largest absolute Gasteiger partial charge is 0.389 e. The zero-order valence-corrected chi connectivity index (χ0v) is 10.7. The predicted molar refractivity (Wildman–Crippen MR) is 62.1 cm³/mol. The highest BCUT2D eigenvalue weighted by Crippen LogP contribution is 2.26. The van der Waals surface area contributed by atoms with Crippen molar-refractivity contribution in [1.82, 2.24) is 9.78 Å². The van der Waals surface area contributed by atoms with Crippen LogP contribution in [0.3, 0.4) is 0 Å². The molecule has 1 N–H and O–H groups in total. The van der Waals surface area contributed by atoms with E-state index in [0.29, 0.717) is 12.2 Å². The SMILES string of the molecule is CCc1cc(C(O)CCCC(F)(F)F)n(CC)n1. The lowest BCUT2D eigenvalue weighted by atomic mass is 10.1. The summed E-state index contributed by atoms with van der Waals surface area (Å²) in [5, 5.41) is 14.2. The van der Waals surface area contributed by atoms with Crippen molar-refractivity contribution >= 4 is 0 Å². The Balaban J connectivity index is 2.60. The molecule has 3 nitrogen and oxygen atoms in total. The van der Waals surface area contributed by atoms with Crippen molar-refractivity contribution < 1.29 is 18.3 Å². The minimum atomic E-state index is -4.15. The number of rotatable bonds is 6. The second-order valence-corrected chi connectivity index (χ2v) is 4.25. The topological polar surface area (TPSA) is 38.0 Å². The number of aliphatic hydroxyl groups excluding tert-OH is 1. The minimum Gasteiger partial charge on any atom is -0.387 e. The van der Waals surface area contributed by atoms with Gasteiger partial charge in [0.15, 0.2) is 0 Å². The van der Waals surface area contributed by atoms with Crippen molar-refractivity contribution in [3.8, 4) is 0 Å². The zero-order chi connectivity index (χ0) is 13.8. The summed E-state index contributed by atoms with van der Waals surface area (Å²) < 4.78 is 37.7. The normalized spacial score (nSPS) is 13.9. The second kappa shape index (κ2) is 6.22. The number of halogens is 3. The van der Waals surface area contributed by atoms with Gasteiger partial charge in [-0.15, -0.1) is 0 Å². The number of hydrogen-bond acceptors (Lipinski definition) is 2. The standard InChI is InChI=1S/C12H19F3N2O/c1-3-9-8-10(17(4-2)16-9)11(18)6-5-7-12(13,14)15/h8,11,18H,3-7H2,1-2H3. The Morgan fingerprint density at radius 1 is 1.39 bits per heavy atom. The van der Waals surface area contributed by atoms with Gasteiger partial charge in [0.05, 0.1) is 17.5 Å². The van der Waals surface area contributed by atoms with Crippen molar-refractivity contribution in [2.24, 2.45) is 0 Å². The van der Waals surface area contributed by atoms with Gasteiger partial charge in [0.1, 0.15) is 0 Å². The molecule has 0 radical (unpaired) electrons. The Hall–Kier alpha value is -1.04. The first kappa shape index (κ1) is 15.0. The van der Waals surface area contributed by atoms with Crippen LogP contribution in [0.1, 0.15) is 50.6 Å². The molecule has 0 fully saturated rings. The molecule has 6 heteroatoms. The van der Waals surface area contributed by atoms with E-state index in [-0.39, 0.29) is 12.8 Å². The number of alkyl halides is 3. The maximum atomic E-state index is 12.0. The fraction of sp³-hybridized carbons (Fsp3) is 0.750. The maximum absolute atomic E-state index is 12.0. The summed E-state index contributed by atoms with van der Waals surface area (Å²) in [7, 11) is 0. The van der Waals surface area contributed by atoms with Crippen LogP contribution in [0.5, 0.6) is 0 Å². The average molecular weight is 264 g/mol. The summed E-state index contributed by atoms with van der Waals surface area (Å²) >= 11 is 0. The molecule has 18 heavy (non-hydrogen) atoms. The molecule has 0 saturated heterocycles. The van der Waals surface area contributed by atoms with Crippen molar-refractivity contribution in [2.45, 2.75) is 58.4 Å². The molecule has 0 spiro atoms. The quantitative estimate of drug-likeness (QED) is 0.856. The Kier molecular flexibility index (Phi) is 5.19. The van der Waals surface area contributed by atoms with E-state index >= 15 is 0 Å². The van der Waals surface area contributed by atoms with Crippen molar-refractivity contribution in [2.75, 3.05) is 0 Å². The Bertz CT molecular complexity index is 374. The van der Waals surface area contributed by atoms with E-state index in [9.17, 15) is 18.3 Å². The number of hydrogen-bond donors (Lipinski definition) is 1. The van der Waals surface area contributed by atoms with Crippen LogP contribution in [0.25, 0.3) is 0 Å². The van der Waals surface area contributed by atoms with Crippen LogP contribution in [-0.4, -0.2) is 21.1 Å². The first-order valence-corrected chi connectivity index (χ1v) is 6.18. The van der Waals surface area contributed by atoms with Crippen LogP contribution in [0.4, 0.5) is 13.2 Å².